The molecule has 1 aromatic rings. The summed E-state index contributed by atoms with van der Waals surface area (Å²) in [6.07, 6.45) is 3.17. The molecular formula is C13H13NO5. The van der Waals surface area contributed by atoms with E-state index in [1.54, 1.807) is 12.1 Å². The van der Waals surface area contributed by atoms with Gasteiger partial charge in [0.1, 0.15) is 5.75 Å². The van der Waals surface area contributed by atoms with Gasteiger partial charge in [-0.3, -0.25) is 10.1 Å². The number of hydrogen-bond acceptors (Lipinski definition) is 5. The second kappa shape index (κ2) is 4.32. The molecule has 1 aromatic carbocycles. The summed E-state index contributed by atoms with van der Waals surface area (Å²) in [5, 5.41) is 10.7. The van der Waals surface area contributed by atoms with Crippen molar-refractivity contribution in [2.24, 2.45) is 0 Å². The van der Waals surface area contributed by atoms with Gasteiger partial charge in [0.25, 0.3) is 5.69 Å². The van der Waals surface area contributed by atoms with Crippen molar-refractivity contribution in [1.82, 2.24) is 0 Å². The fourth-order valence-electron chi connectivity index (χ4n) is 2.21. The van der Waals surface area contributed by atoms with E-state index < -0.39 is 16.8 Å². The summed E-state index contributed by atoms with van der Waals surface area (Å²) in [4.78, 5) is 10.3. The zero-order valence-corrected chi connectivity index (χ0v) is 10.4. The lowest BCUT2D eigenvalue weighted by Gasteiger charge is -2.34. The van der Waals surface area contributed by atoms with Crippen molar-refractivity contribution in [3.05, 3.63) is 40.0 Å². The zero-order valence-electron chi connectivity index (χ0n) is 10.4. The van der Waals surface area contributed by atoms with Gasteiger partial charge < -0.3 is 14.2 Å². The lowest BCUT2D eigenvalue weighted by molar-refractivity contribution is -0.384. The molecule has 100 valence electrons. The molecule has 19 heavy (non-hydrogen) atoms. The molecule has 1 saturated heterocycles. The van der Waals surface area contributed by atoms with Gasteiger partial charge in [-0.05, 0) is 19.1 Å². The van der Waals surface area contributed by atoms with E-state index in [2.05, 4.69) is 0 Å². The first-order chi connectivity index (χ1) is 9.08. The van der Waals surface area contributed by atoms with Crippen LogP contribution in [0.3, 0.4) is 0 Å². The van der Waals surface area contributed by atoms with Gasteiger partial charge in [0.2, 0.25) is 6.29 Å². The van der Waals surface area contributed by atoms with E-state index >= 15 is 0 Å². The van der Waals surface area contributed by atoms with E-state index in [1.807, 2.05) is 13.0 Å². The third-order valence-electron chi connectivity index (χ3n) is 3.22. The van der Waals surface area contributed by atoms with Crippen LogP contribution in [-0.4, -0.2) is 30.0 Å². The van der Waals surface area contributed by atoms with Crippen LogP contribution in [0.5, 0.6) is 5.75 Å². The van der Waals surface area contributed by atoms with Gasteiger partial charge in [-0.2, -0.15) is 0 Å². The van der Waals surface area contributed by atoms with E-state index in [4.69, 9.17) is 14.2 Å². The third-order valence-corrected chi connectivity index (χ3v) is 3.22. The smallest absolute Gasteiger partial charge is 0.270 e. The molecular weight excluding hydrogens is 250 g/mol. The maximum atomic E-state index is 10.7. The Balaban J connectivity index is 1.91. The van der Waals surface area contributed by atoms with Crippen molar-refractivity contribution in [1.29, 1.82) is 0 Å². The second-order valence-electron chi connectivity index (χ2n) is 4.67. The molecule has 0 N–H and O–H groups in total. The predicted molar refractivity (Wildman–Crippen MR) is 66.9 cm³/mol. The number of non-ortho nitro benzene ring substituents is 1. The maximum Gasteiger partial charge on any atom is 0.270 e. The summed E-state index contributed by atoms with van der Waals surface area (Å²) in [5.41, 5.74) is 0.0215. The van der Waals surface area contributed by atoms with Crippen molar-refractivity contribution in [2.45, 2.75) is 18.8 Å². The van der Waals surface area contributed by atoms with Crippen molar-refractivity contribution in [3.63, 3.8) is 0 Å². The van der Waals surface area contributed by atoms with Crippen LogP contribution in [0.15, 0.2) is 24.3 Å². The van der Waals surface area contributed by atoms with Gasteiger partial charge in [0.15, 0.2) is 5.60 Å². The van der Waals surface area contributed by atoms with Gasteiger partial charge in [0.05, 0.1) is 18.1 Å². The second-order valence-corrected chi connectivity index (χ2v) is 4.67. The number of fused-ring (bicyclic) bond motifs is 1. The van der Waals surface area contributed by atoms with Gasteiger partial charge in [-0.1, -0.05) is 6.08 Å². The van der Waals surface area contributed by atoms with E-state index in [9.17, 15) is 10.1 Å². The van der Waals surface area contributed by atoms with Crippen LogP contribution in [0.2, 0.25) is 0 Å². The Kier molecular flexibility index (Phi) is 2.76. The van der Waals surface area contributed by atoms with E-state index in [-0.39, 0.29) is 5.69 Å². The maximum absolute atomic E-state index is 10.7. The highest BCUT2D eigenvalue weighted by atomic mass is 16.7. The molecule has 0 radical (unpaired) electrons. The predicted octanol–water partition coefficient (Wildman–Crippen LogP) is 2.13. The number of nitro groups is 1. The van der Waals surface area contributed by atoms with E-state index in [1.165, 1.54) is 12.1 Å². The highest BCUT2D eigenvalue weighted by molar-refractivity contribution is 5.64. The van der Waals surface area contributed by atoms with Crippen molar-refractivity contribution < 1.29 is 19.1 Å². The summed E-state index contributed by atoms with van der Waals surface area (Å²) < 4.78 is 16.8. The SMILES string of the molecule is C[C@@]1(C2OCCO2)C=Cc2cc([N+](=O)[O-])ccc2O1. The van der Waals surface area contributed by atoms with Crippen molar-refractivity contribution in [2.75, 3.05) is 13.2 Å². The van der Waals surface area contributed by atoms with Gasteiger partial charge in [-0.25, -0.2) is 0 Å². The Bertz CT molecular complexity index is 550. The number of rotatable bonds is 2. The largest absolute Gasteiger partial charge is 0.477 e. The number of nitrogens with zero attached hydrogens (tertiary/aromatic N) is 1. The van der Waals surface area contributed by atoms with Crippen LogP contribution in [0.25, 0.3) is 6.08 Å². The molecule has 0 spiro atoms. The van der Waals surface area contributed by atoms with E-state index in [0.29, 0.717) is 24.5 Å². The topological polar surface area (TPSA) is 70.8 Å². The highest BCUT2D eigenvalue weighted by Gasteiger charge is 2.40. The molecule has 0 bridgehead atoms. The van der Waals surface area contributed by atoms with Gasteiger partial charge >= 0.3 is 0 Å². The molecule has 0 aromatic heterocycles. The summed E-state index contributed by atoms with van der Waals surface area (Å²) in [6.45, 7) is 2.96. The number of ether oxygens (including phenoxy) is 3. The van der Waals surface area contributed by atoms with Gasteiger partial charge in [-0.15, -0.1) is 0 Å². The average molecular weight is 263 g/mol. The Morgan fingerprint density at radius 1 is 1.37 bits per heavy atom. The fourth-order valence-corrected chi connectivity index (χ4v) is 2.21. The van der Waals surface area contributed by atoms with Crippen molar-refractivity contribution >= 4 is 11.8 Å². The summed E-state index contributed by atoms with van der Waals surface area (Å²) in [5.74, 6) is 0.592. The molecule has 1 fully saturated rings. The van der Waals surface area contributed by atoms with Crippen LogP contribution >= 0.6 is 0 Å². The minimum atomic E-state index is -0.709. The standard InChI is InChI=1S/C13H13NO5/c1-13(12-17-6-7-18-12)5-4-9-8-10(14(15)16)2-3-11(9)19-13/h2-5,8,12H,6-7H2,1H3/t13-/m0/s1. The Morgan fingerprint density at radius 3 is 2.79 bits per heavy atom. The molecule has 6 nitrogen and oxygen atoms in total. The average Bonchev–Trinajstić information content (AvgIpc) is 2.92. The molecule has 3 rings (SSSR count). The van der Waals surface area contributed by atoms with Crippen LogP contribution in [0.1, 0.15) is 12.5 Å². The summed E-state index contributed by atoms with van der Waals surface area (Å²) >= 11 is 0. The fraction of sp³-hybridized carbons (Fsp3) is 0.385. The molecule has 2 aliphatic heterocycles. The molecule has 2 heterocycles. The van der Waals surface area contributed by atoms with Crippen LogP contribution in [0.4, 0.5) is 5.69 Å². The normalized spacial score (nSPS) is 25.9. The Morgan fingerprint density at radius 2 is 2.11 bits per heavy atom. The first kappa shape index (κ1) is 12.1. The zero-order chi connectivity index (χ0) is 13.5. The molecule has 0 amide bonds. The number of nitro benzene ring substituents is 1. The highest BCUT2D eigenvalue weighted by Crippen LogP contribution is 2.36. The third kappa shape index (κ3) is 2.09. The van der Waals surface area contributed by atoms with Crippen LogP contribution in [-0.2, 0) is 9.47 Å². The molecule has 0 aliphatic carbocycles. The van der Waals surface area contributed by atoms with E-state index in [0.717, 1.165) is 0 Å². The summed E-state index contributed by atoms with van der Waals surface area (Å²) in [6, 6.07) is 4.51. The monoisotopic (exact) mass is 263 g/mol. The first-order valence-electron chi connectivity index (χ1n) is 5.98. The Labute approximate surface area is 109 Å². The number of hydrogen-bond donors (Lipinski definition) is 0. The van der Waals surface area contributed by atoms with Gasteiger partial charge in [0, 0.05) is 17.7 Å². The lowest BCUT2D eigenvalue weighted by Crippen LogP contribution is -2.45. The minimum Gasteiger partial charge on any atom is -0.477 e. The molecule has 2 aliphatic rings. The van der Waals surface area contributed by atoms with Crippen LogP contribution in [0, 0.1) is 10.1 Å². The molecule has 1 atom stereocenters. The lowest BCUT2D eigenvalue weighted by atomic mass is 9.99. The quantitative estimate of drug-likeness (QED) is 0.603. The first-order valence-corrected chi connectivity index (χ1v) is 5.98. The Hall–Kier alpha value is -1.92. The molecule has 0 saturated carbocycles. The minimum absolute atomic E-state index is 0.0453. The molecule has 6 heteroatoms. The summed E-state index contributed by atoms with van der Waals surface area (Å²) in [7, 11) is 0. The van der Waals surface area contributed by atoms with Crippen LogP contribution < -0.4 is 4.74 Å². The van der Waals surface area contributed by atoms with Crippen molar-refractivity contribution in [3.8, 4) is 5.75 Å². The number of benzene rings is 1. The molecule has 0 unspecified atom stereocenters.